The molecule has 0 radical (unpaired) electrons. The maximum absolute atomic E-state index is 12.9. The average Bonchev–Trinajstić information content (AvgIpc) is 3.19. The second-order valence-electron chi connectivity index (χ2n) is 6.83. The van der Waals surface area contributed by atoms with Crippen molar-refractivity contribution >= 4 is 23.3 Å². The highest BCUT2D eigenvalue weighted by molar-refractivity contribution is 5.99. The van der Waals surface area contributed by atoms with Crippen LogP contribution in [-0.4, -0.2) is 35.3 Å². The van der Waals surface area contributed by atoms with E-state index in [1.54, 1.807) is 4.90 Å². The maximum atomic E-state index is 12.9. The van der Waals surface area contributed by atoms with Crippen LogP contribution in [-0.2, 0) is 9.53 Å². The number of aromatic nitrogens is 1. The molecule has 1 heterocycles. The van der Waals surface area contributed by atoms with Crippen LogP contribution in [0.4, 0.5) is 5.69 Å². The zero-order chi connectivity index (χ0) is 19.2. The normalized spacial score (nSPS) is 14.6. The van der Waals surface area contributed by atoms with E-state index in [2.05, 4.69) is 4.98 Å². The second-order valence-corrected chi connectivity index (χ2v) is 6.83. The van der Waals surface area contributed by atoms with Gasteiger partial charge in [-0.3, -0.25) is 9.59 Å². The van der Waals surface area contributed by atoms with E-state index in [0.29, 0.717) is 5.56 Å². The molecule has 27 heavy (non-hydrogen) atoms. The van der Waals surface area contributed by atoms with Crippen LogP contribution in [0.15, 0.2) is 42.6 Å². The first-order valence-corrected chi connectivity index (χ1v) is 9.30. The highest BCUT2D eigenvalue weighted by Gasteiger charge is 2.27. The number of hydrogen-bond acceptors (Lipinski definition) is 4. The van der Waals surface area contributed by atoms with Crippen LogP contribution in [0, 0.1) is 0 Å². The number of nitrogens with one attached hydrogen (secondary N) is 1. The molecule has 0 aliphatic heterocycles. The molecule has 1 aromatic heterocycles. The van der Waals surface area contributed by atoms with Gasteiger partial charge in [0.2, 0.25) is 0 Å². The topological polar surface area (TPSA) is 79.5 Å². The fourth-order valence-electron chi connectivity index (χ4n) is 3.48. The molecule has 1 aliphatic rings. The first-order valence-electron chi connectivity index (χ1n) is 9.30. The van der Waals surface area contributed by atoms with Gasteiger partial charge in [-0.2, -0.15) is 0 Å². The van der Waals surface area contributed by atoms with Crippen LogP contribution in [0.3, 0.4) is 0 Å². The van der Waals surface area contributed by atoms with E-state index in [4.69, 9.17) is 4.74 Å². The molecule has 1 aromatic carbocycles. The van der Waals surface area contributed by atoms with E-state index in [1.165, 1.54) is 25.6 Å². The standard InChI is InChI=1S/C21H24N2O4/c1-15(24)16-12-19(22-13-16)21(26)27-14-20(25)23(17-8-4-2-5-9-17)18-10-6-3-7-11-18/h2,4-5,8-9,12-13,18,22H,3,6-7,10-11,14H2,1H3. The Morgan fingerprint density at radius 1 is 1.11 bits per heavy atom. The number of hydrogen-bond donors (Lipinski definition) is 1. The van der Waals surface area contributed by atoms with E-state index >= 15 is 0 Å². The first-order chi connectivity index (χ1) is 13.1. The molecule has 0 unspecified atom stereocenters. The summed E-state index contributed by atoms with van der Waals surface area (Å²) in [6.45, 7) is 1.09. The molecule has 0 spiro atoms. The van der Waals surface area contributed by atoms with E-state index in [-0.39, 0.29) is 30.0 Å². The predicted molar refractivity (Wildman–Crippen MR) is 102 cm³/mol. The third kappa shape index (κ3) is 4.64. The molecule has 1 amide bonds. The van der Waals surface area contributed by atoms with Crippen molar-refractivity contribution in [2.24, 2.45) is 0 Å². The van der Waals surface area contributed by atoms with Gasteiger partial charge in [-0.05, 0) is 38.0 Å². The number of carbonyl (C=O) groups is 3. The summed E-state index contributed by atoms with van der Waals surface area (Å²) in [7, 11) is 0. The van der Waals surface area contributed by atoms with Crippen molar-refractivity contribution in [3.63, 3.8) is 0 Å². The van der Waals surface area contributed by atoms with Crippen LogP contribution in [0.2, 0.25) is 0 Å². The molecule has 6 heteroatoms. The third-order valence-corrected chi connectivity index (χ3v) is 4.88. The zero-order valence-corrected chi connectivity index (χ0v) is 15.4. The molecule has 0 saturated heterocycles. The fourth-order valence-corrected chi connectivity index (χ4v) is 3.48. The summed E-state index contributed by atoms with van der Waals surface area (Å²) in [5.41, 5.74) is 1.39. The van der Waals surface area contributed by atoms with Gasteiger partial charge in [0.05, 0.1) is 0 Å². The van der Waals surface area contributed by atoms with Gasteiger partial charge in [-0.15, -0.1) is 0 Å². The van der Waals surface area contributed by atoms with E-state index in [9.17, 15) is 14.4 Å². The molecule has 1 N–H and O–H groups in total. The SMILES string of the molecule is CC(=O)c1c[nH]c(C(=O)OCC(=O)N(c2ccccc2)C2CCCCC2)c1. The Balaban J connectivity index is 1.68. The number of para-hydroxylation sites is 1. The first kappa shape index (κ1) is 18.9. The van der Waals surface area contributed by atoms with Gasteiger partial charge in [0, 0.05) is 23.5 Å². The van der Waals surface area contributed by atoms with E-state index < -0.39 is 5.97 Å². The van der Waals surface area contributed by atoms with Gasteiger partial charge < -0.3 is 14.6 Å². The van der Waals surface area contributed by atoms with E-state index in [1.807, 2.05) is 30.3 Å². The second kappa shape index (κ2) is 8.66. The Hall–Kier alpha value is -2.89. The van der Waals surface area contributed by atoms with Crippen molar-refractivity contribution < 1.29 is 19.1 Å². The number of ether oxygens (including phenoxy) is 1. The fraction of sp³-hybridized carbons (Fsp3) is 0.381. The molecular formula is C21H24N2O4. The van der Waals surface area contributed by atoms with Crippen LogP contribution in [0.1, 0.15) is 59.9 Å². The van der Waals surface area contributed by atoms with Crippen molar-refractivity contribution in [3.05, 3.63) is 53.9 Å². The van der Waals surface area contributed by atoms with Gasteiger partial charge in [-0.25, -0.2) is 4.79 Å². The van der Waals surface area contributed by atoms with Crippen LogP contribution in [0.5, 0.6) is 0 Å². The minimum atomic E-state index is -0.646. The highest BCUT2D eigenvalue weighted by Crippen LogP contribution is 2.27. The predicted octanol–water partition coefficient (Wildman–Crippen LogP) is 3.74. The molecule has 2 aromatic rings. The highest BCUT2D eigenvalue weighted by atomic mass is 16.5. The molecule has 6 nitrogen and oxygen atoms in total. The number of H-pyrrole nitrogens is 1. The zero-order valence-electron chi connectivity index (χ0n) is 15.4. The van der Waals surface area contributed by atoms with Crippen LogP contribution >= 0.6 is 0 Å². The van der Waals surface area contributed by atoms with Crippen molar-refractivity contribution in [1.29, 1.82) is 0 Å². The van der Waals surface area contributed by atoms with Crippen molar-refractivity contribution in [1.82, 2.24) is 4.98 Å². The van der Waals surface area contributed by atoms with E-state index in [0.717, 1.165) is 31.4 Å². The largest absolute Gasteiger partial charge is 0.451 e. The van der Waals surface area contributed by atoms with Crippen molar-refractivity contribution in [2.75, 3.05) is 11.5 Å². The summed E-state index contributed by atoms with van der Waals surface area (Å²) in [4.78, 5) is 40.9. The molecule has 3 rings (SSSR count). The number of rotatable bonds is 6. The van der Waals surface area contributed by atoms with Gasteiger partial charge in [0.25, 0.3) is 5.91 Å². The molecule has 1 fully saturated rings. The Labute approximate surface area is 158 Å². The number of aromatic amines is 1. The minimum absolute atomic E-state index is 0.127. The molecule has 142 valence electrons. The summed E-state index contributed by atoms with van der Waals surface area (Å²) in [6, 6.07) is 11.1. The minimum Gasteiger partial charge on any atom is -0.451 e. The van der Waals surface area contributed by atoms with Gasteiger partial charge in [-0.1, -0.05) is 37.5 Å². The smallest absolute Gasteiger partial charge is 0.355 e. The van der Waals surface area contributed by atoms with Gasteiger partial charge >= 0.3 is 5.97 Å². The molecule has 1 aliphatic carbocycles. The summed E-state index contributed by atoms with van der Waals surface area (Å²) >= 11 is 0. The quantitative estimate of drug-likeness (QED) is 0.622. The molecular weight excluding hydrogens is 344 g/mol. The number of Topliss-reactive ketones (excluding diaryl/α,β-unsaturated/α-hetero) is 1. The van der Waals surface area contributed by atoms with Gasteiger partial charge in [0.15, 0.2) is 12.4 Å². The Bertz CT molecular complexity index is 807. The lowest BCUT2D eigenvalue weighted by Crippen LogP contribution is -2.43. The Kier molecular flexibility index (Phi) is 6.06. The number of carbonyl (C=O) groups excluding carboxylic acids is 3. The number of esters is 1. The number of benzene rings is 1. The van der Waals surface area contributed by atoms with Crippen LogP contribution < -0.4 is 4.90 Å². The third-order valence-electron chi connectivity index (χ3n) is 4.88. The lowest BCUT2D eigenvalue weighted by atomic mass is 9.93. The number of anilines is 1. The molecule has 0 atom stereocenters. The monoisotopic (exact) mass is 368 g/mol. The molecule has 1 saturated carbocycles. The lowest BCUT2D eigenvalue weighted by Gasteiger charge is -2.34. The number of ketones is 1. The lowest BCUT2D eigenvalue weighted by molar-refractivity contribution is -0.122. The summed E-state index contributed by atoms with van der Waals surface area (Å²) in [6.07, 6.45) is 6.74. The Morgan fingerprint density at radius 2 is 1.81 bits per heavy atom. The summed E-state index contributed by atoms with van der Waals surface area (Å²) in [5, 5.41) is 0. The Morgan fingerprint density at radius 3 is 2.44 bits per heavy atom. The van der Waals surface area contributed by atoms with Crippen molar-refractivity contribution in [3.8, 4) is 0 Å². The average molecular weight is 368 g/mol. The number of amides is 1. The summed E-state index contributed by atoms with van der Waals surface area (Å²) in [5.74, 6) is -1.03. The van der Waals surface area contributed by atoms with Crippen molar-refractivity contribution in [2.45, 2.75) is 45.1 Å². The van der Waals surface area contributed by atoms with Gasteiger partial charge in [0.1, 0.15) is 5.69 Å². The maximum Gasteiger partial charge on any atom is 0.355 e. The summed E-state index contributed by atoms with van der Waals surface area (Å²) < 4.78 is 5.20. The molecule has 0 bridgehead atoms. The number of nitrogens with zero attached hydrogens (tertiary/aromatic N) is 1. The van der Waals surface area contributed by atoms with Crippen LogP contribution in [0.25, 0.3) is 0 Å².